The van der Waals surface area contributed by atoms with Crippen LogP contribution in [0.1, 0.15) is 24.0 Å². The summed E-state index contributed by atoms with van der Waals surface area (Å²) in [7, 11) is 0. The normalized spacial score (nSPS) is 14.1. The lowest BCUT2D eigenvalue weighted by Crippen LogP contribution is -2.38. The van der Waals surface area contributed by atoms with Crippen molar-refractivity contribution < 1.29 is 14.3 Å². The largest absolute Gasteiger partial charge is 0.455 e. The topological polar surface area (TPSA) is 84.4 Å². The Kier molecular flexibility index (Phi) is 7.07. The summed E-state index contributed by atoms with van der Waals surface area (Å²) in [5.41, 5.74) is 2.90. The summed E-state index contributed by atoms with van der Waals surface area (Å²) >= 11 is 0. The molecular weight excluding hydrogens is 404 g/mol. The number of anilines is 2. The van der Waals surface area contributed by atoms with Crippen LogP contribution >= 0.6 is 0 Å². The van der Waals surface area contributed by atoms with Gasteiger partial charge in [-0.3, -0.25) is 9.59 Å². The van der Waals surface area contributed by atoms with E-state index in [2.05, 4.69) is 32.3 Å². The van der Waals surface area contributed by atoms with Gasteiger partial charge in [-0.1, -0.05) is 48.5 Å². The number of aromatic nitrogens is 2. The monoisotopic (exact) mass is 430 g/mol. The molecule has 32 heavy (non-hydrogen) atoms. The molecule has 0 saturated carbocycles. The van der Waals surface area contributed by atoms with Crippen LogP contribution in [-0.2, 0) is 20.7 Å². The quantitative estimate of drug-likeness (QED) is 0.578. The van der Waals surface area contributed by atoms with E-state index in [0.29, 0.717) is 38.3 Å². The minimum atomic E-state index is -0.339. The predicted molar refractivity (Wildman–Crippen MR) is 122 cm³/mol. The summed E-state index contributed by atoms with van der Waals surface area (Å²) in [6.45, 7) is 1.08. The van der Waals surface area contributed by atoms with Gasteiger partial charge in [-0.2, -0.15) is 0 Å². The van der Waals surface area contributed by atoms with Gasteiger partial charge in [0.15, 0.2) is 6.61 Å². The van der Waals surface area contributed by atoms with Crippen molar-refractivity contribution in [3.05, 3.63) is 84.2 Å². The first-order chi connectivity index (χ1) is 15.7. The fraction of sp³-hybridized carbons (Fsp3) is 0.280. The lowest BCUT2D eigenvalue weighted by Gasteiger charge is -2.30. The lowest BCUT2D eigenvalue weighted by atomic mass is 9.97. The van der Waals surface area contributed by atoms with E-state index in [0.717, 1.165) is 16.8 Å². The van der Waals surface area contributed by atoms with Crippen LogP contribution < -0.4 is 10.2 Å². The molecule has 7 heteroatoms. The van der Waals surface area contributed by atoms with E-state index >= 15 is 0 Å². The molecule has 1 N–H and O–H groups in total. The van der Waals surface area contributed by atoms with Crippen LogP contribution in [0.3, 0.4) is 0 Å². The van der Waals surface area contributed by atoms with E-state index in [1.54, 1.807) is 18.5 Å². The van der Waals surface area contributed by atoms with Crippen LogP contribution in [0.4, 0.5) is 11.6 Å². The van der Waals surface area contributed by atoms with Gasteiger partial charge in [-0.25, -0.2) is 9.97 Å². The molecule has 7 nitrogen and oxygen atoms in total. The Labute approximate surface area is 187 Å². The zero-order valence-corrected chi connectivity index (χ0v) is 17.8. The highest BCUT2D eigenvalue weighted by atomic mass is 16.5. The van der Waals surface area contributed by atoms with Crippen molar-refractivity contribution in [1.82, 2.24) is 9.97 Å². The first-order valence-electron chi connectivity index (χ1n) is 10.8. The molecule has 1 amide bonds. The Morgan fingerprint density at radius 2 is 1.62 bits per heavy atom. The van der Waals surface area contributed by atoms with Gasteiger partial charge < -0.3 is 15.0 Å². The Hall–Kier alpha value is -3.74. The maximum absolute atomic E-state index is 12.5. The van der Waals surface area contributed by atoms with Crippen molar-refractivity contribution >= 4 is 23.5 Å². The van der Waals surface area contributed by atoms with E-state index in [1.807, 2.05) is 42.5 Å². The minimum absolute atomic E-state index is 0.215. The van der Waals surface area contributed by atoms with Gasteiger partial charge in [-0.15, -0.1) is 0 Å². The van der Waals surface area contributed by atoms with Gasteiger partial charge >= 0.3 is 5.97 Å². The number of rotatable bonds is 7. The van der Waals surface area contributed by atoms with E-state index < -0.39 is 0 Å². The third kappa shape index (κ3) is 5.69. The van der Waals surface area contributed by atoms with Gasteiger partial charge in [-0.05, 0) is 42.5 Å². The molecule has 1 saturated heterocycles. The third-order valence-electron chi connectivity index (χ3n) is 5.54. The Balaban J connectivity index is 1.25. The van der Waals surface area contributed by atoms with E-state index in [1.165, 1.54) is 0 Å². The smallest absolute Gasteiger partial charge is 0.309 e. The van der Waals surface area contributed by atoms with Crippen molar-refractivity contribution in [2.24, 2.45) is 5.92 Å². The summed E-state index contributed by atoms with van der Waals surface area (Å²) in [6.07, 6.45) is 5.43. The SMILES string of the molecule is O=C(COC(=O)C1CCN(c2ncccn2)CC1)Nc1ccccc1Cc1ccccc1. The molecule has 0 radical (unpaired) electrons. The second-order valence-corrected chi connectivity index (χ2v) is 7.79. The van der Waals surface area contributed by atoms with E-state index in [4.69, 9.17) is 4.74 Å². The molecule has 0 atom stereocenters. The Morgan fingerprint density at radius 1 is 0.938 bits per heavy atom. The molecule has 4 rings (SSSR count). The molecule has 1 fully saturated rings. The summed E-state index contributed by atoms with van der Waals surface area (Å²) in [4.78, 5) is 35.4. The predicted octanol–water partition coefficient (Wildman–Crippen LogP) is 3.47. The molecule has 0 unspecified atom stereocenters. The fourth-order valence-electron chi connectivity index (χ4n) is 3.82. The number of hydrogen-bond donors (Lipinski definition) is 1. The first kappa shape index (κ1) is 21.5. The maximum atomic E-state index is 12.5. The van der Waals surface area contributed by atoms with Gasteiger partial charge in [0.25, 0.3) is 5.91 Å². The number of piperidine rings is 1. The van der Waals surface area contributed by atoms with Crippen LogP contribution in [0.2, 0.25) is 0 Å². The molecule has 164 valence electrons. The number of nitrogens with one attached hydrogen (secondary N) is 1. The zero-order valence-electron chi connectivity index (χ0n) is 17.8. The Morgan fingerprint density at radius 3 is 2.38 bits per heavy atom. The number of carbonyl (C=O) groups is 2. The van der Waals surface area contributed by atoms with Crippen molar-refractivity contribution in [1.29, 1.82) is 0 Å². The fourth-order valence-corrected chi connectivity index (χ4v) is 3.82. The summed E-state index contributed by atoms with van der Waals surface area (Å²) < 4.78 is 5.31. The molecule has 1 aromatic heterocycles. The van der Waals surface area contributed by atoms with Gasteiger partial charge in [0.2, 0.25) is 5.95 Å². The van der Waals surface area contributed by atoms with Crippen molar-refractivity contribution in [2.75, 3.05) is 29.9 Å². The van der Waals surface area contributed by atoms with Crippen LogP contribution in [0.15, 0.2) is 73.1 Å². The van der Waals surface area contributed by atoms with Crippen molar-refractivity contribution in [3.8, 4) is 0 Å². The molecule has 3 aromatic rings. The van der Waals surface area contributed by atoms with Crippen LogP contribution in [-0.4, -0.2) is 41.5 Å². The van der Waals surface area contributed by atoms with Gasteiger partial charge in [0.1, 0.15) is 0 Å². The molecule has 2 aromatic carbocycles. The number of nitrogens with zero attached hydrogens (tertiary/aromatic N) is 3. The standard InChI is InChI=1S/C25H26N4O3/c30-23(28-22-10-5-4-9-21(22)17-19-7-2-1-3-8-19)18-32-24(31)20-11-15-29(16-12-20)25-26-13-6-14-27-25/h1-10,13-14,20H,11-12,15-18H2,(H,28,30). The highest BCUT2D eigenvalue weighted by Crippen LogP contribution is 2.22. The number of benzene rings is 2. The average molecular weight is 431 g/mol. The number of amides is 1. The second-order valence-electron chi connectivity index (χ2n) is 7.79. The summed E-state index contributed by atoms with van der Waals surface area (Å²) in [5, 5.41) is 2.88. The Bertz CT molecular complexity index is 1040. The molecular formula is C25H26N4O3. The minimum Gasteiger partial charge on any atom is -0.455 e. The summed E-state index contributed by atoms with van der Waals surface area (Å²) in [5.74, 6) is -0.207. The van der Waals surface area contributed by atoms with E-state index in [9.17, 15) is 9.59 Å². The number of hydrogen-bond acceptors (Lipinski definition) is 6. The molecule has 2 heterocycles. The first-order valence-corrected chi connectivity index (χ1v) is 10.8. The number of para-hydroxylation sites is 1. The number of ether oxygens (including phenoxy) is 1. The molecule has 0 bridgehead atoms. The third-order valence-corrected chi connectivity index (χ3v) is 5.54. The summed E-state index contributed by atoms with van der Waals surface area (Å²) in [6, 6.07) is 19.5. The highest BCUT2D eigenvalue weighted by Gasteiger charge is 2.27. The zero-order chi connectivity index (χ0) is 22.2. The van der Waals surface area contributed by atoms with Gasteiger partial charge in [0.05, 0.1) is 5.92 Å². The van der Waals surface area contributed by atoms with Crippen LogP contribution in [0, 0.1) is 5.92 Å². The van der Waals surface area contributed by atoms with Crippen LogP contribution in [0.5, 0.6) is 0 Å². The second kappa shape index (κ2) is 10.5. The van der Waals surface area contributed by atoms with Gasteiger partial charge in [0, 0.05) is 31.2 Å². The molecule has 1 aliphatic heterocycles. The average Bonchev–Trinajstić information content (AvgIpc) is 2.85. The maximum Gasteiger partial charge on any atom is 0.309 e. The molecule has 0 spiro atoms. The lowest BCUT2D eigenvalue weighted by molar-refractivity contribution is -0.152. The molecule has 1 aliphatic rings. The van der Waals surface area contributed by atoms with E-state index in [-0.39, 0.29) is 24.4 Å². The van der Waals surface area contributed by atoms with Crippen molar-refractivity contribution in [2.45, 2.75) is 19.3 Å². The number of carbonyl (C=O) groups excluding carboxylic acids is 2. The van der Waals surface area contributed by atoms with Crippen molar-refractivity contribution in [3.63, 3.8) is 0 Å². The number of esters is 1. The highest BCUT2D eigenvalue weighted by molar-refractivity contribution is 5.93. The molecule has 0 aliphatic carbocycles. The van der Waals surface area contributed by atoms with Crippen LogP contribution in [0.25, 0.3) is 0 Å².